The van der Waals surface area contributed by atoms with Gasteiger partial charge >= 0.3 is 0 Å². The number of benzene rings is 1. The van der Waals surface area contributed by atoms with Crippen LogP contribution in [0, 0.1) is 11.3 Å². The van der Waals surface area contributed by atoms with E-state index < -0.39 is 0 Å². The molecule has 3 heterocycles. The molecule has 0 spiro atoms. The van der Waals surface area contributed by atoms with E-state index in [1.165, 1.54) is 0 Å². The summed E-state index contributed by atoms with van der Waals surface area (Å²) < 4.78 is 1.76. The van der Waals surface area contributed by atoms with E-state index in [4.69, 9.17) is 11.0 Å². The van der Waals surface area contributed by atoms with Crippen molar-refractivity contribution in [1.82, 2.24) is 29.9 Å². The molecule has 148 valence electrons. The largest absolute Gasteiger partial charge is 0.368 e. The lowest BCUT2D eigenvalue weighted by Crippen LogP contribution is -2.10. The second-order valence-corrected chi connectivity index (χ2v) is 6.86. The van der Waals surface area contributed by atoms with Crippen LogP contribution in [-0.2, 0) is 6.42 Å². The number of hydrogen-bond donors (Lipinski definition) is 1. The highest BCUT2D eigenvalue weighted by Gasteiger charge is 2.15. The van der Waals surface area contributed by atoms with E-state index in [9.17, 15) is 0 Å². The van der Waals surface area contributed by atoms with Crippen molar-refractivity contribution in [2.24, 2.45) is 0 Å². The van der Waals surface area contributed by atoms with Crippen LogP contribution in [0.4, 0.5) is 5.95 Å². The number of nitrogens with two attached hydrogens (primary N) is 1. The number of rotatable bonds is 5. The van der Waals surface area contributed by atoms with Gasteiger partial charge in [0.15, 0.2) is 0 Å². The maximum Gasteiger partial charge on any atom is 0.221 e. The van der Waals surface area contributed by atoms with Crippen molar-refractivity contribution in [3.8, 4) is 28.7 Å². The summed E-state index contributed by atoms with van der Waals surface area (Å²) in [6.07, 6.45) is 2.70. The molecule has 1 atom stereocenters. The molecule has 1 aromatic carbocycles. The van der Waals surface area contributed by atoms with Crippen LogP contribution in [0.25, 0.3) is 22.6 Å². The van der Waals surface area contributed by atoms with E-state index in [1.54, 1.807) is 28.9 Å². The third kappa shape index (κ3) is 3.86. The van der Waals surface area contributed by atoms with Gasteiger partial charge in [0.2, 0.25) is 5.95 Å². The van der Waals surface area contributed by atoms with Gasteiger partial charge in [-0.05, 0) is 43.7 Å². The fourth-order valence-electron chi connectivity index (χ4n) is 3.14. The molecule has 0 saturated carbocycles. The first kappa shape index (κ1) is 19.2. The average Bonchev–Trinajstić information content (AvgIpc) is 3.28. The van der Waals surface area contributed by atoms with Gasteiger partial charge < -0.3 is 5.73 Å². The number of pyridine rings is 1. The molecule has 4 rings (SSSR count). The molecule has 0 radical (unpaired) electrons. The summed E-state index contributed by atoms with van der Waals surface area (Å²) in [4.78, 5) is 13.3. The molecule has 0 aliphatic rings. The number of nitrogen functional groups attached to an aromatic ring is 1. The van der Waals surface area contributed by atoms with Gasteiger partial charge in [-0.15, -0.1) is 5.10 Å². The molecular formula is C22H20N8. The highest BCUT2D eigenvalue weighted by molar-refractivity contribution is 5.68. The highest BCUT2D eigenvalue weighted by atomic mass is 15.4. The van der Waals surface area contributed by atoms with Crippen molar-refractivity contribution in [2.45, 2.75) is 26.3 Å². The Kier molecular flexibility index (Phi) is 5.18. The van der Waals surface area contributed by atoms with Crippen molar-refractivity contribution in [3.63, 3.8) is 0 Å². The minimum Gasteiger partial charge on any atom is -0.368 e. The summed E-state index contributed by atoms with van der Waals surface area (Å²) in [5.41, 5.74) is 11.0. The van der Waals surface area contributed by atoms with Crippen LogP contribution in [0.3, 0.4) is 0 Å². The lowest BCUT2D eigenvalue weighted by Gasteiger charge is -2.11. The molecule has 30 heavy (non-hydrogen) atoms. The van der Waals surface area contributed by atoms with Crippen molar-refractivity contribution in [1.29, 1.82) is 5.26 Å². The Balaban J connectivity index is 1.68. The number of aromatic nitrogens is 6. The average molecular weight is 396 g/mol. The molecule has 0 fully saturated rings. The van der Waals surface area contributed by atoms with Crippen LogP contribution in [0.5, 0.6) is 0 Å². The molecule has 0 amide bonds. The number of anilines is 1. The third-order valence-corrected chi connectivity index (χ3v) is 4.82. The lowest BCUT2D eigenvalue weighted by molar-refractivity contribution is 0.530. The van der Waals surface area contributed by atoms with Crippen LogP contribution in [0.2, 0.25) is 0 Å². The monoisotopic (exact) mass is 396 g/mol. The molecular weight excluding hydrogens is 376 g/mol. The van der Waals surface area contributed by atoms with Gasteiger partial charge in [0.25, 0.3) is 0 Å². The highest BCUT2D eigenvalue weighted by Crippen LogP contribution is 2.25. The van der Waals surface area contributed by atoms with Crippen molar-refractivity contribution in [2.75, 3.05) is 5.73 Å². The third-order valence-electron chi connectivity index (χ3n) is 4.82. The maximum atomic E-state index is 9.14. The quantitative estimate of drug-likeness (QED) is 0.549. The van der Waals surface area contributed by atoms with E-state index in [0.717, 1.165) is 23.4 Å². The number of nitriles is 1. The first-order valence-electron chi connectivity index (χ1n) is 9.60. The van der Waals surface area contributed by atoms with Crippen LogP contribution in [0.15, 0.2) is 54.7 Å². The first-order valence-corrected chi connectivity index (χ1v) is 9.60. The van der Waals surface area contributed by atoms with Gasteiger partial charge in [0.1, 0.15) is 5.69 Å². The Bertz CT molecular complexity index is 1240. The Morgan fingerprint density at radius 3 is 2.63 bits per heavy atom. The summed E-state index contributed by atoms with van der Waals surface area (Å²) in [6.45, 7) is 4.10. The van der Waals surface area contributed by atoms with Crippen molar-refractivity contribution in [3.05, 3.63) is 71.7 Å². The SMILES string of the molecule is CCc1cccc(C(C)n2cc(-c3cc(-c4cccc(C#N)c4)nc(N)n3)nn2)n1. The number of nitrogens with zero attached hydrogens (tertiary/aromatic N) is 7. The molecule has 0 aliphatic carbocycles. The number of aryl methyl sites for hydroxylation is 1. The summed E-state index contributed by atoms with van der Waals surface area (Å²) in [7, 11) is 0. The summed E-state index contributed by atoms with van der Waals surface area (Å²) in [5.74, 6) is 0.129. The molecule has 3 aromatic heterocycles. The van der Waals surface area contributed by atoms with E-state index in [-0.39, 0.29) is 12.0 Å². The molecule has 1 unspecified atom stereocenters. The lowest BCUT2D eigenvalue weighted by atomic mass is 10.1. The zero-order chi connectivity index (χ0) is 21.1. The standard InChI is InChI=1S/C22H20N8/c1-3-17-8-5-9-18(25-17)14(2)30-13-21(28-29-30)20-11-19(26-22(24)27-20)16-7-4-6-15(10-16)12-23/h4-11,13-14H,3H2,1-2H3,(H2,24,26,27). The molecule has 0 aliphatic heterocycles. The van der Waals surface area contributed by atoms with Gasteiger partial charge in [-0.3, -0.25) is 4.98 Å². The van der Waals surface area contributed by atoms with Crippen molar-refractivity contribution >= 4 is 5.95 Å². The van der Waals surface area contributed by atoms with Crippen LogP contribution < -0.4 is 5.73 Å². The van der Waals surface area contributed by atoms with Crippen molar-refractivity contribution < 1.29 is 0 Å². The van der Waals surface area contributed by atoms with Gasteiger partial charge in [-0.1, -0.05) is 30.3 Å². The molecule has 8 heteroatoms. The molecule has 2 N–H and O–H groups in total. The topological polar surface area (TPSA) is 119 Å². The summed E-state index contributed by atoms with van der Waals surface area (Å²) in [5, 5.41) is 17.7. The first-order chi connectivity index (χ1) is 14.6. The Hall–Kier alpha value is -4.12. The van der Waals surface area contributed by atoms with E-state index in [2.05, 4.69) is 38.3 Å². The van der Waals surface area contributed by atoms with Crippen LogP contribution in [0.1, 0.15) is 36.8 Å². The smallest absolute Gasteiger partial charge is 0.221 e. The fourth-order valence-corrected chi connectivity index (χ4v) is 3.14. The zero-order valence-corrected chi connectivity index (χ0v) is 16.7. The molecule has 0 saturated heterocycles. The van der Waals surface area contributed by atoms with Gasteiger partial charge in [0.05, 0.1) is 41.0 Å². The Labute approximate surface area is 174 Å². The molecule has 4 aromatic rings. The predicted molar refractivity (Wildman–Crippen MR) is 113 cm³/mol. The Morgan fingerprint density at radius 1 is 1.03 bits per heavy atom. The van der Waals surface area contributed by atoms with Gasteiger partial charge in [-0.2, -0.15) is 5.26 Å². The van der Waals surface area contributed by atoms with Gasteiger partial charge in [-0.25, -0.2) is 14.6 Å². The maximum absolute atomic E-state index is 9.14. The molecule has 8 nitrogen and oxygen atoms in total. The minimum atomic E-state index is -0.0799. The van der Waals surface area contributed by atoms with E-state index in [0.29, 0.717) is 22.6 Å². The summed E-state index contributed by atoms with van der Waals surface area (Å²) in [6, 6.07) is 17.0. The summed E-state index contributed by atoms with van der Waals surface area (Å²) >= 11 is 0. The Morgan fingerprint density at radius 2 is 1.83 bits per heavy atom. The fraction of sp³-hybridized carbons (Fsp3) is 0.182. The van der Waals surface area contributed by atoms with Gasteiger partial charge in [0, 0.05) is 11.3 Å². The second-order valence-electron chi connectivity index (χ2n) is 6.86. The molecule has 0 bridgehead atoms. The number of hydrogen-bond acceptors (Lipinski definition) is 7. The van der Waals surface area contributed by atoms with Crippen LogP contribution >= 0.6 is 0 Å². The normalized spacial score (nSPS) is 11.8. The van der Waals surface area contributed by atoms with E-state index in [1.807, 2.05) is 37.4 Å². The van der Waals surface area contributed by atoms with Crippen LogP contribution in [-0.4, -0.2) is 29.9 Å². The second kappa shape index (κ2) is 8.09. The predicted octanol–water partition coefficient (Wildman–Crippen LogP) is 3.42. The van der Waals surface area contributed by atoms with E-state index >= 15 is 0 Å². The minimum absolute atomic E-state index is 0.0799. The zero-order valence-electron chi connectivity index (χ0n) is 16.7.